The number of halogens is 1. The molecule has 0 bridgehead atoms. The summed E-state index contributed by atoms with van der Waals surface area (Å²) >= 11 is 6.34. The van der Waals surface area contributed by atoms with Gasteiger partial charge in [-0.1, -0.05) is 48.0 Å². The van der Waals surface area contributed by atoms with Crippen molar-refractivity contribution in [1.82, 2.24) is 0 Å². The molecule has 0 amide bonds. The first-order valence-electron chi connectivity index (χ1n) is 6.63. The summed E-state index contributed by atoms with van der Waals surface area (Å²) in [4.78, 5) is 2.34. The molecule has 0 spiro atoms. The molecule has 3 rings (SSSR count). The fraction of sp³-hybridized carbons (Fsp3) is 0.250. The van der Waals surface area contributed by atoms with Crippen molar-refractivity contribution >= 4 is 23.0 Å². The number of nitrogens with two attached hydrogens (primary N) is 1. The van der Waals surface area contributed by atoms with Gasteiger partial charge in [0.2, 0.25) is 0 Å². The first-order valence-corrected chi connectivity index (χ1v) is 7.01. The smallest absolute Gasteiger partial charge is 0.0794 e. The second-order valence-corrected chi connectivity index (χ2v) is 5.35. The van der Waals surface area contributed by atoms with E-state index in [1.807, 2.05) is 24.3 Å². The Kier molecular flexibility index (Phi) is 3.34. The van der Waals surface area contributed by atoms with Crippen LogP contribution in [0.3, 0.4) is 0 Å². The quantitative estimate of drug-likeness (QED) is 0.828. The second-order valence-electron chi connectivity index (χ2n) is 4.94. The molecule has 1 unspecified atom stereocenters. The lowest BCUT2D eigenvalue weighted by Gasteiger charge is -2.29. The first-order chi connectivity index (χ1) is 9.27. The van der Waals surface area contributed by atoms with Crippen molar-refractivity contribution in [3.8, 4) is 0 Å². The molecule has 2 nitrogen and oxygen atoms in total. The number of nitrogens with zero attached hydrogens (tertiary/aromatic N) is 1. The Morgan fingerprint density at radius 2 is 1.84 bits per heavy atom. The van der Waals surface area contributed by atoms with Crippen molar-refractivity contribution in [1.29, 1.82) is 0 Å². The minimum atomic E-state index is 0.378. The van der Waals surface area contributed by atoms with E-state index in [1.54, 1.807) is 0 Å². The zero-order chi connectivity index (χ0) is 13.2. The third-order valence-corrected chi connectivity index (χ3v) is 4.05. The van der Waals surface area contributed by atoms with Gasteiger partial charge in [0.25, 0.3) is 0 Å². The van der Waals surface area contributed by atoms with Gasteiger partial charge >= 0.3 is 0 Å². The number of benzene rings is 2. The number of hydrogen-bond acceptors (Lipinski definition) is 2. The Labute approximate surface area is 118 Å². The van der Waals surface area contributed by atoms with Crippen molar-refractivity contribution in [3.63, 3.8) is 0 Å². The number of nitrogen functional groups attached to an aromatic ring is 1. The summed E-state index contributed by atoms with van der Waals surface area (Å²) < 4.78 is 0. The summed E-state index contributed by atoms with van der Waals surface area (Å²) in [6, 6.07) is 16.7. The molecule has 3 heteroatoms. The van der Waals surface area contributed by atoms with Gasteiger partial charge < -0.3 is 10.6 Å². The lowest BCUT2D eigenvalue weighted by atomic mass is 10.0. The van der Waals surface area contributed by atoms with E-state index in [2.05, 4.69) is 29.2 Å². The largest absolute Gasteiger partial charge is 0.397 e. The summed E-state index contributed by atoms with van der Waals surface area (Å²) in [5.74, 6) is 0. The fourth-order valence-corrected chi connectivity index (χ4v) is 3.18. The van der Waals surface area contributed by atoms with Gasteiger partial charge in [-0.2, -0.15) is 0 Å². The zero-order valence-electron chi connectivity index (χ0n) is 10.7. The van der Waals surface area contributed by atoms with Crippen molar-refractivity contribution in [3.05, 3.63) is 59.1 Å². The molecule has 19 heavy (non-hydrogen) atoms. The molecule has 0 radical (unpaired) electrons. The Morgan fingerprint density at radius 1 is 1.05 bits per heavy atom. The molecule has 2 N–H and O–H groups in total. The molecule has 1 aliphatic heterocycles. The predicted molar refractivity (Wildman–Crippen MR) is 81.6 cm³/mol. The summed E-state index contributed by atoms with van der Waals surface area (Å²) in [5.41, 5.74) is 9.19. The van der Waals surface area contributed by atoms with Crippen LogP contribution >= 0.6 is 11.6 Å². The van der Waals surface area contributed by atoms with E-state index in [-0.39, 0.29) is 0 Å². The molecule has 0 aliphatic carbocycles. The van der Waals surface area contributed by atoms with E-state index >= 15 is 0 Å². The number of para-hydroxylation sites is 1. The summed E-state index contributed by atoms with van der Waals surface area (Å²) in [6.07, 6.45) is 2.32. The molecule has 1 heterocycles. The SMILES string of the molecule is Nc1cccc(Cl)c1N1CCCC1c1ccccc1. The van der Waals surface area contributed by atoms with Gasteiger partial charge in [-0.05, 0) is 30.5 Å². The molecular weight excluding hydrogens is 256 g/mol. The van der Waals surface area contributed by atoms with Crippen LogP contribution in [0.2, 0.25) is 5.02 Å². The molecule has 0 saturated carbocycles. The minimum Gasteiger partial charge on any atom is -0.397 e. The minimum absolute atomic E-state index is 0.378. The zero-order valence-corrected chi connectivity index (χ0v) is 11.5. The third-order valence-electron chi connectivity index (χ3n) is 3.74. The molecule has 98 valence electrons. The second kappa shape index (κ2) is 5.14. The van der Waals surface area contributed by atoms with Crippen molar-refractivity contribution < 1.29 is 0 Å². The molecule has 2 aromatic rings. The Morgan fingerprint density at radius 3 is 2.58 bits per heavy atom. The molecular formula is C16H17ClN2. The highest BCUT2D eigenvalue weighted by atomic mass is 35.5. The van der Waals surface area contributed by atoms with E-state index in [1.165, 1.54) is 12.0 Å². The predicted octanol–water partition coefficient (Wildman–Crippen LogP) is 4.26. The lowest BCUT2D eigenvalue weighted by Crippen LogP contribution is -2.23. The van der Waals surface area contributed by atoms with Gasteiger partial charge in [0, 0.05) is 6.54 Å². The molecule has 1 atom stereocenters. The average molecular weight is 273 g/mol. The van der Waals surface area contributed by atoms with E-state index in [9.17, 15) is 0 Å². The maximum atomic E-state index is 6.34. The number of rotatable bonds is 2. The fourth-order valence-electron chi connectivity index (χ4n) is 2.89. The molecule has 1 fully saturated rings. The van der Waals surface area contributed by atoms with Gasteiger partial charge in [-0.25, -0.2) is 0 Å². The lowest BCUT2D eigenvalue weighted by molar-refractivity contribution is 0.720. The van der Waals surface area contributed by atoms with Crippen LogP contribution < -0.4 is 10.6 Å². The maximum Gasteiger partial charge on any atom is 0.0794 e. The van der Waals surface area contributed by atoms with E-state index in [4.69, 9.17) is 17.3 Å². The van der Waals surface area contributed by atoms with Crippen LogP contribution in [0.15, 0.2) is 48.5 Å². The summed E-state index contributed by atoms with van der Waals surface area (Å²) in [7, 11) is 0. The standard InChI is InChI=1S/C16H17ClN2/c17-13-8-4-9-14(18)16(13)19-11-5-10-15(19)12-6-2-1-3-7-12/h1-4,6-9,15H,5,10-11,18H2. The van der Waals surface area contributed by atoms with Crippen LogP contribution in [0, 0.1) is 0 Å². The van der Waals surface area contributed by atoms with Crippen molar-refractivity contribution in [2.45, 2.75) is 18.9 Å². The average Bonchev–Trinajstić information content (AvgIpc) is 2.89. The highest BCUT2D eigenvalue weighted by Gasteiger charge is 2.28. The monoisotopic (exact) mass is 272 g/mol. The van der Waals surface area contributed by atoms with Crippen molar-refractivity contribution in [2.75, 3.05) is 17.2 Å². The van der Waals surface area contributed by atoms with E-state index in [0.29, 0.717) is 6.04 Å². The molecule has 0 aromatic heterocycles. The van der Waals surface area contributed by atoms with Crippen molar-refractivity contribution in [2.24, 2.45) is 0 Å². The Balaban J connectivity index is 2.00. The van der Waals surface area contributed by atoms with Gasteiger partial charge in [0.1, 0.15) is 0 Å². The van der Waals surface area contributed by atoms with Crippen LogP contribution in [-0.4, -0.2) is 6.54 Å². The van der Waals surface area contributed by atoms with Gasteiger partial charge in [-0.15, -0.1) is 0 Å². The normalized spacial score (nSPS) is 18.8. The molecule has 1 saturated heterocycles. The third kappa shape index (κ3) is 2.28. The van der Waals surface area contributed by atoms with Crippen LogP contribution in [-0.2, 0) is 0 Å². The summed E-state index contributed by atoms with van der Waals surface area (Å²) in [6.45, 7) is 1.01. The highest BCUT2D eigenvalue weighted by Crippen LogP contribution is 2.42. The van der Waals surface area contributed by atoms with Crippen LogP contribution in [0.5, 0.6) is 0 Å². The first kappa shape index (κ1) is 12.4. The number of anilines is 2. The van der Waals surface area contributed by atoms with Gasteiger partial charge in [0.15, 0.2) is 0 Å². The summed E-state index contributed by atoms with van der Waals surface area (Å²) in [5, 5.41) is 0.739. The molecule has 1 aliphatic rings. The topological polar surface area (TPSA) is 29.3 Å². The molecule has 2 aromatic carbocycles. The van der Waals surface area contributed by atoms with Crippen LogP contribution in [0.1, 0.15) is 24.4 Å². The van der Waals surface area contributed by atoms with Crippen LogP contribution in [0.4, 0.5) is 11.4 Å². The van der Waals surface area contributed by atoms with Gasteiger partial charge in [-0.3, -0.25) is 0 Å². The van der Waals surface area contributed by atoms with Gasteiger partial charge in [0.05, 0.1) is 22.4 Å². The highest BCUT2D eigenvalue weighted by molar-refractivity contribution is 6.34. The van der Waals surface area contributed by atoms with E-state index in [0.717, 1.165) is 29.4 Å². The van der Waals surface area contributed by atoms with E-state index < -0.39 is 0 Å². The Hall–Kier alpha value is -1.67. The maximum absolute atomic E-state index is 6.34. The Bertz CT molecular complexity index is 548. The number of hydrogen-bond donors (Lipinski definition) is 1. The van der Waals surface area contributed by atoms with Crippen LogP contribution in [0.25, 0.3) is 0 Å².